The van der Waals surface area contributed by atoms with Crippen molar-refractivity contribution >= 4 is 23.8 Å². The highest BCUT2D eigenvalue weighted by molar-refractivity contribution is 5.85. The standard InChI is InChI=1S/C9H13NO7/c1-5(11)17-4-7(12)10-6(9(15)16)2-3-8(13)14/h6H,2-4H2,1H3,(H,10,12)(H,13,14)(H,15,16)/t6-/m1/s1. The number of carbonyl (C=O) groups excluding carboxylic acids is 2. The van der Waals surface area contributed by atoms with Crippen LogP contribution < -0.4 is 5.32 Å². The first-order chi connectivity index (χ1) is 7.82. The highest BCUT2D eigenvalue weighted by Gasteiger charge is 2.21. The van der Waals surface area contributed by atoms with E-state index in [4.69, 9.17) is 10.2 Å². The second-order valence-electron chi connectivity index (χ2n) is 3.17. The van der Waals surface area contributed by atoms with Crippen LogP contribution in [0.5, 0.6) is 0 Å². The van der Waals surface area contributed by atoms with E-state index in [0.717, 1.165) is 6.92 Å². The zero-order chi connectivity index (χ0) is 13.4. The molecule has 0 aromatic rings. The van der Waals surface area contributed by atoms with Crippen molar-refractivity contribution in [2.75, 3.05) is 6.61 Å². The first-order valence-corrected chi connectivity index (χ1v) is 4.70. The Morgan fingerprint density at radius 3 is 2.24 bits per heavy atom. The molecule has 3 N–H and O–H groups in total. The topological polar surface area (TPSA) is 130 Å². The molecule has 17 heavy (non-hydrogen) atoms. The van der Waals surface area contributed by atoms with Crippen LogP contribution in [-0.4, -0.2) is 46.7 Å². The van der Waals surface area contributed by atoms with Crippen molar-refractivity contribution in [1.82, 2.24) is 5.32 Å². The van der Waals surface area contributed by atoms with Gasteiger partial charge < -0.3 is 20.3 Å². The third kappa shape index (κ3) is 7.77. The summed E-state index contributed by atoms with van der Waals surface area (Å²) < 4.78 is 4.35. The number of ether oxygens (including phenoxy) is 1. The Morgan fingerprint density at radius 1 is 1.24 bits per heavy atom. The second-order valence-corrected chi connectivity index (χ2v) is 3.17. The summed E-state index contributed by atoms with van der Waals surface area (Å²) in [5.41, 5.74) is 0. The van der Waals surface area contributed by atoms with Gasteiger partial charge in [0.15, 0.2) is 6.61 Å². The molecule has 0 unspecified atom stereocenters. The zero-order valence-corrected chi connectivity index (χ0v) is 9.13. The first-order valence-electron chi connectivity index (χ1n) is 4.70. The quantitative estimate of drug-likeness (QED) is 0.491. The van der Waals surface area contributed by atoms with E-state index in [9.17, 15) is 19.2 Å². The van der Waals surface area contributed by atoms with Crippen LogP contribution in [0.3, 0.4) is 0 Å². The molecule has 1 amide bonds. The van der Waals surface area contributed by atoms with Crippen molar-refractivity contribution in [2.45, 2.75) is 25.8 Å². The van der Waals surface area contributed by atoms with Crippen LogP contribution >= 0.6 is 0 Å². The normalized spacial score (nSPS) is 11.4. The lowest BCUT2D eigenvalue weighted by atomic mass is 10.1. The number of carboxylic acid groups (broad SMARTS) is 2. The van der Waals surface area contributed by atoms with Gasteiger partial charge in [-0.3, -0.25) is 14.4 Å². The van der Waals surface area contributed by atoms with E-state index in [1.807, 2.05) is 5.32 Å². The number of rotatable bonds is 7. The highest BCUT2D eigenvalue weighted by atomic mass is 16.5. The van der Waals surface area contributed by atoms with E-state index in [0.29, 0.717) is 0 Å². The van der Waals surface area contributed by atoms with Gasteiger partial charge in [0.1, 0.15) is 6.04 Å². The molecule has 96 valence electrons. The number of amides is 1. The molecule has 0 saturated heterocycles. The summed E-state index contributed by atoms with van der Waals surface area (Å²) in [5, 5.41) is 19.1. The van der Waals surface area contributed by atoms with Crippen LogP contribution in [0.25, 0.3) is 0 Å². The lowest BCUT2D eigenvalue weighted by molar-refractivity contribution is -0.148. The molecule has 0 aliphatic rings. The third-order valence-corrected chi connectivity index (χ3v) is 1.69. The summed E-state index contributed by atoms with van der Waals surface area (Å²) in [4.78, 5) is 42.4. The van der Waals surface area contributed by atoms with Gasteiger partial charge in [0.05, 0.1) is 0 Å². The largest absolute Gasteiger partial charge is 0.481 e. The molecule has 0 rings (SSSR count). The van der Waals surface area contributed by atoms with Crippen molar-refractivity contribution < 1.29 is 34.1 Å². The lowest BCUT2D eigenvalue weighted by Crippen LogP contribution is -2.42. The van der Waals surface area contributed by atoms with Gasteiger partial charge in [0.2, 0.25) is 0 Å². The number of aliphatic carboxylic acids is 2. The summed E-state index contributed by atoms with van der Waals surface area (Å²) in [6, 6.07) is -1.31. The Morgan fingerprint density at radius 2 is 1.82 bits per heavy atom. The van der Waals surface area contributed by atoms with Gasteiger partial charge in [-0.2, -0.15) is 0 Å². The summed E-state index contributed by atoms with van der Waals surface area (Å²) in [7, 11) is 0. The fourth-order valence-corrected chi connectivity index (χ4v) is 0.928. The number of hydrogen-bond donors (Lipinski definition) is 3. The average molecular weight is 247 g/mol. The monoisotopic (exact) mass is 247 g/mol. The van der Waals surface area contributed by atoms with Crippen molar-refractivity contribution in [2.24, 2.45) is 0 Å². The Bertz CT molecular complexity index is 325. The van der Waals surface area contributed by atoms with Crippen molar-refractivity contribution in [3.8, 4) is 0 Å². The highest BCUT2D eigenvalue weighted by Crippen LogP contribution is 1.98. The number of nitrogens with one attached hydrogen (secondary N) is 1. The van der Waals surface area contributed by atoms with Crippen molar-refractivity contribution in [3.05, 3.63) is 0 Å². The molecule has 0 aliphatic carbocycles. The van der Waals surface area contributed by atoms with Crippen LogP contribution in [0.1, 0.15) is 19.8 Å². The van der Waals surface area contributed by atoms with Crippen LogP contribution in [0.15, 0.2) is 0 Å². The number of carbonyl (C=O) groups is 4. The van der Waals surface area contributed by atoms with E-state index < -0.39 is 36.5 Å². The van der Waals surface area contributed by atoms with E-state index in [2.05, 4.69) is 4.74 Å². The van der Waals surface area contributed by atoms with E-state index in [-0.39, 0.29) is 12.8 Å². The minimum atomic E-state index is -1.34. The average Bonchev–Trinajstić information content (AvgIpc) is 2.20. The van der Waals surface area contributed by atoms with Gasteiger partial charge >= 0.3 is 17.9 Å². The van der Waals surface area contributed by atoms with Crippen molar-refractivity contribution in [3.63, 3.8) is 0 Å². The molecule has 0 aliphatic heterocycles. The maximum absolute atomic E-state index is 11.1. The molecule has 0 radical (unpaired) electrons. The van der Waals surface area contributed by atoms with Crippen LogP contribution in [0.2, 0.25) is 0 Å². The predicted octanol–water partition coefficient (Wildman–Crippen LogP) is -1.02. The molecule has 0 saturated carbocycles. The van der Waals surface area contributed by atoms with E-state index >= 15 is 0 Å². The first kappa shape index (κ1) is 14.9. The Kier molecular flexibility index (Phi) is 6.30. The van der Waals surface area contributed by atoms with E-state index in [1.54, 1.807) is 0 Å². The van der Waals surface area contributed by atoms with Crippen LogP contribution in [0.4, 0.5) is 0 Å². The fraction of sp³-hybridized carbons (Fsp3) is 0.556. The number of hydrogen-bond acceptors (Lipinski definition) is 5. The lowest BCUT2D eigenvalue weighted by Gasteiger charge is -2.13. The van der Waals surface area contributed by atoms with Crippen LogP contribution in [-0.2, 0) is 23.9 Å². The SMILES string of the molecule is CC(=O)OCC(=O)N[C@H](CCC(=O)O)C(=O)O. The molecular weight excluding hydrogens is 234 g/mol. The molecule has 0 aromatic heterocycles. The number of carboxylic acids is 2. The Hall–Kier alpha value is -2.12. The van der Waals surface area contributed by atoms with Gasteiger partial charge in [-0.1, -0.05) is 0 Å². The summed E-state index contributed by atoms with van der Waals surface area (Å²) in [6.07, 6.45) is -0.624. The molecule has 0 fully saturated rings. The minimum Gasteiger partial charge on any atom is -0.481 e. The fourth-order valence-electron chi connectivity index (χ4n) is 0.928. The maximum Gasteiger partial charge on any atom is 0.326 e. The summed E-state index contributed by atoms with van der Waals surface area (Å²) in [6.45, 7) is 0.512. The Balaban J connectivity index is 4.15. The predicted molar refractivity (Wildman–Crippen MR) is 53.1 cm³/mol. The maximum atomic E-state index is 11.1. The molecule has 0 aromatic carbocycles. The van der Waals surface area contributed by atoms with Gasteiger partial charge in [0.25, 0.3) is 5.91 Å². The van der Waals surface area contributed by atoms with E-state index in [1.165, 1.54) is 0 Å². The Labute approximate surface area is 96.6 Å². The molecule has 8 nitrogen and oxygen atoms in total. The third-order valence-electron chi connectivity index (χ3n) is 1.69. The molecule has 0 heterocycles. The molecule has 0 bridgehead atoms. The molecule has 8 heteroatoms. The van der Waals surface area contributed by atoms with Gasteiger partial charge in [0, 0.05) is 13.3 Å². The number of esters is 1. The van der Waals surface area contributed by atoms with Crippen molar-refractivity contribution in [1.29, 1.82) is 0 Å². The van der Waals surface area contributed by atoms with Crippen LogP contribution in [0, 0.1) is 0 Å². The molecular formula is C9H13NO7. The van der Waals surface area contributed by atoms with Gasteiger partial charge in [-0.15, -0.1) is 0 Å². The molecule has 1 atom stereocenters. The van der Waals surface area contributed by atoms with Gasteiger partial charge in [-0.25, -0.2) is 4.79 Å². The second kappa shape index (κ2) is 7.20. The smallest absolute Gasteiger partial charge is 0.326 e. The van der Waals surface area contributed by atoms with Gasteiger partial charge in [-0.05, 0) is 6.42 Å². The minimum absolute atomic E-state index is 0.240. The summed E-state index contributed by atoms with van der Waals surface area (Å²) >= 11 is 0. The molecule has 0 spiro atoms. The summed E-state index contributed by atoms with van der Waals surface area (Å²) in [5.74, 6) is -3.97. The zero-order valence-electron chi connectivity index (χ0n) is 9.13.